The third-order valence-corrected chi connectivity index (χ3v) is 2.32. The Morgan fingerprint density at radius 3 is 3.12 bits per heavy atom. The van der Waals surface area contributed by atoms with Gasteiger partial charge in [-0.3, -0.25) is 0 Å². The van der Waals surface area contributed by atoms with Gasteiger partial charge in [-0.05, 0) is 18.2 Å². The highest BCUT2D eigenvalue weighted by Gasteiger charge is 2.05. The number of nitrogens with one attached hydrogen (secondary N) is 2. The first-order valence-electron chi connectivity index (χ1n) is 5.19. The summed E-state index contributed by atoms with van der Waals surface area (Å²) >= 11 is 0. The average Bonchev–Trinajstić information content (AvgIpc) is 2.89. The van der Waals surface area contributed by atoms with Crippen LogP contribution in [0.15, 0.2) is 36.8 Å². The molecule has 2 rings (SSSR count). The number of anilines is 1. The molecule has 88 valence electrons. The lowest BCUT2D eigenvalue weighted by Crippen LogP contribution is -2.04. The van der Waals surface area contributed by atoms with Crippen molar-refractivity contribution in [2.75, 3.05) is 12.4 Å². The van der Waals surface area contributed by atoms with Crippen molar-refractivity contribution in [2.24, 2.45) is 0 Å². The van der Waals surface area contributed by atoms with Crippen LogP contribution >= 0.6 is 0 Å². The van der Waals surface area contributed by atoms with Crippen LogP contribution in [0.1, 0.15) is 16.1 Å². The molecule has 2 N–H and O–H groups in total. The topological polar surface area (TPSA) is 67.0 Å². The van der Waals surface area contributed by atoms with Gasteiger partial charge in [-0.1, -0.05) is 6.07 Å². The molecule has 0 aliphatic rings. The molecule has 17 heavy (non-hydrogen) atoms. The number of benzene rings is 1. The van der Waals surface area contributed by atoms with Crippen molar-refractivity contribution < 1.29 is 9.53 Å². The Kier molecular flexibility index (Phi) is 3.40. The zero-order chi connectivity index (χ0) is 12.1. The highest BCUT2D eigenvalue weighted by Crippen LogP contribution is 2.12. The Balaban J connectivity index is 2.03. The maximum absolute atomic E-state index is 11.3. The first-order chi connectivity index (χ1) is 8.29. The minimum atomic E-state index is -0.338. The lowest BCUT2D eigenvalue weighted by Gasteiger charge is -2.06. The summed E-state index contributed by atoms with van der Waals surface area (Å²) in [5, 5.41) is 3.19. The molecule has 1 aromatic heterocycles. The number of methoxy groups -OCH3 is 1. The number of H-pyrrole nitrogens is 1. The van der Waals surface area contributed by atoms with E-state index in [1.807, 2.05) is 12.1 Å². The third kappa shape index (κ3) is 2.84. The molecule has 0 saturated heterocycles. The van der Waals surface area contributed by atoms with Crippen LogP contribution in [-0.2, 0) is 11.3 Å². The second-order valence-electron chi connectivity index (χ2n) is 3.50. The number of carbonyl (C=O) groups is 1. The Labute approximate surface area is 98.8 Å². The predicted molar refractivity (Wildman–Crippen MR) is 63.7 cm³/mol. The summed E-state index contributed by atoms with van der Waals surface area (Å²) < 4.78 is 4.66. The molecule has 0 spiro atoms. The molecule has 0 aliphatic heterocycles. The van der Waals surface area contributed by atoms with Crippen molar-refractivity contribution in [3.05, 3.63) is 48.0 Å². The predicted octanol–water partition coefficient (Wildman–Crippen LogP) is 1.81. The quantitative estimate of drug-likeness (QED) is 0.787. The maximum Gasteiger partial charge on any atom is 0.337 e. The molecule has 1 heterocycles. The smallest absolute Gasteiger partial charge is 0.337 e. The van der Waals surface area contributed by atoms with E-state index in [2.05, 4.69) is 20.0 Å². The molecule has 0 fully saturated rings. The average molecular weight is 231 g/mol. The second-order valence-corrected chi connectivity index (χ2v) is 3.50. The van der Waals surface area contributed by atoms with Gasteiger partial charge < -0.3 is 15.0 Å². The van der Waals surface area contributed by atoms with Crippen LogP contribution in [0.25, 0.3) is 0 Å². The lowest BCUT2D eigenvalue weighted by atomic mass is 10.2. The number of imidazole rings is 1. The molecule has 2 aromatic rings. The molecule has 0 amide bonds. The number of esters is 1. The van der Waals surface area contributed by atoms with E-state index in [4.69, 9.17) is 0 Å². The molecule has 5 heteroatoms. The van der Waals surface area contributed by atoms with Crippen molar-refractivity contribution in [3.63, 3.8) is 0 Å². The van der Waals surface area contributed by atoms with Gasteiger partial charge >= 0.3 is 5.97 Å². The third-order valence-electron chi connectivity index (χ3n) is 2.32. The van der Waals surface area contributed by atoms with Crippen LogP contribution in [0.5, 0.6) is 0 Å². The van der Waals surface area contributed by atoms with Gasteiger partial charge in [0.05, 0.1) is 31.2 Å². The standard InChI is InChI=1S/C12H13N3O2/c1-17-12(16)9-3-2-4-10(5-9)14-7-11-6-13-8-15-11/h2-6,8,14H,7H2,1H3,(H,13,15). The van der Waals surface area contributed by atoms with E-state index in [0.717, 1.165) is 11.4 Å². The van der Waals surface area contributed by atoms with Crippen molar-refractivity contribution in [3.8, 4) is 0 Å². The van der Waals surface area contributed by atoms with Crippen LogP contribution in [0, 0.1) is 0 Å². The number of rotatable bonds is 4. The highest BCUT2D eigenvalue weighted by atomic mass is 16.5. The number of aromatic nitrogens is 2. The van der Waals surface area contributed by atoms with Gasteiger partial charge in [0.15, 0.2) is 0 Å². The molecular formula is C12H13N3O2. The fourth-order valence-electron chi connectivity index (χ4n) is 1.45. The summed E-state index contributed by atoms with van der Waals surface area (Å²) in [5.74, 6) is -0.338. The van der Waals surface area contributed by atoms with Crippen LogP contribution < -0.4 is 5.32 Å². The Hall–Kier alpha value is -2.30. The van der Waals surface area contributed by atoms with E-state index in [1.54, 1.807) is 24.7 Å². The largest absolute Gasteiger partial charge is 0.465 e. The number of aromatic amines is 1. The number of ether oxygens (including phenoxy) is 1. The van der Waals surface area contributed by atoms with Crippen LogP contribution in [0.4, 0.5) is 5.69 Å². The number of carbonyl (C=O) groups excluding carboxylic acids is 1. The number of hydrogen-bond acceptors (Lipinski definition) is 4. The Bertz CT molecular complexity index is 494. The molecule has 0 atom stereocenters. The number of nitrogens with zero attached hydrogens (tertiary/aromatic N) is 1. The zero-order valence-electron chi connectivity index (χ0n) is 9.43. The summed E-state index contributed by atoms with van der Waals surface area (Å²) in [6, 6.07) is 7.17. The van der Waals surface area contributed by atoms with E-state index < -0.39 is 0 Å². The van der Waals surface area contributed by atoms with Gasteiger partial charge in [0, 0.05) is 11.9 Å². The summed E-state index contributed by atoms with van der Waals surface area (Å²) in [6.45, 7) is 0.630. The van der Waals surface area contributed by atoms with Crippen molar-refractivity contribution in [2.45, 2.75) is 6.54 Å². The zero-order valence-corrected chi connectivity index (χ0v) is 9.43. The summed E-state index contributed by atoms with van der Waals surface area (Å²) in [4.78, 5) is 18.2. The maximum atomic E-state index is 11.3. The summed E-state index contributed by atoms with van der Waals surface area (Å²) in [6.07, 6.45) is 3.37. The Morgan fingerprint density at radius 1 is 1.53 bits per heavy atom. The van der Waals surface area contributed by atoms with E-state index >= 15 is 0 Å². The molecule has 0 saturated carbocycles. The fraction of sp³-hybridized carbons (Fsp3) is 0.167. The summed E-state index contributed by atoms with van der Waals surface area (Å²) in [7, 11) is 1.37. The molecule has 0 aliphatic carbocycles. The molecule has 0 bridgehead atoms. The molecule has 0 unspecified atom stereocenters. The monoisotopic (exact) mass is 231 g/mol. The minimum Gasteiger partial charge on any atom is -0.465 e. The van der Waals surface area contributed by atoms with E-state index in [0.29, 0.717) is 12.1 Å². The molecule has 0 radical (unpaired) electrons. The Morgan fingerprint density at radius 2 is 2.41 bits per heavy atom. The van der Waals surface area contributed by atoms with Gasteiger partial charge in [-0.25, -0.2) is 9.78 Å². The van der Waals surface area contributed by atoms with E-state index in [1.165, 1.54) is 7.11 Å². The molecule has 1 aromatic carbocycles. The van der Waals surface area contributed by atoms with Crippen LogP contribution in [0.3, 0.4) is 0 Å². The fourth-order valence-corrected chi connectivity index (χ4v) is 1.45. The number of hydrogen-bond donors (Lipinski definition) is 2. The van der Waals surface area contributed by atoms with E-state index in [9.17, 15) is 4.79 Å². The van der Waals surface area contributed by atoms with E-state index in [-0.39, 0.29) is 5.97 Å². The minimum absolute atomic E-state index is 0.338. The van der Waals surface area contributed by atoms with Gasteiger partial charge in [0.25, 0.3) is 0 Å². The second kappa shape index (κ2) is 5.16. The normalized spacial score (nSPS) is 9.94. The van der Waals surface area contributed by atoms with Crippen molar-refractivity contribution >= 4 is 11.7 Å². The first-order valence-corrected chi connectivity index (χ1v) is 5.19. The van der Waals surface area contributed by atoms with Gasteiger partial charge in [0.2, 0.25) is 0 Å². The van der Waals surface area contributed by atoms with Gasteiger partial charge in [-0.15, -0.1) is 0 Å². The van der Waals surface area contributed by atoms with Crippen LogP contribution in [-0.4, -0.2) is 23.0 Å². The molecule has 5 nitrogen and oxygen atoms in total. The van der Waals surface area contributed by atoms with Gasteiger partial charge in [-0.2, -0.15) is 0 Å². The highest BCUT2D eigenvalue weighted by molar-refractivity contribution is 5.90. The molecular weight excluding hydrogens is 218 g/mol. The van der Waals surface area contributed by atoms with Crippen molar-refractivity contribution in [1.29, 1.82) is 0 Å². The SMILES string of the molecule is COC(=O)c1cccc(NCc2cnc[nH]2)c1. The van der Waals surface area contributed by atoms with Crippen molar-refractivity contribution in [1.82, 2.24) is 9.97 Å². The van der Waals surface area contributed by atoms with Crippen LogP contribution in [0.2, 0.25) is 0 Å². The lowest BCUT2D eigenvalue weighted by molar-refractivity contribution is 0.0601. The summed E-state index contributed by atoms with van der Waals surface area (Å²) in [5.41, 5.74) is 2.37. The first kappa shape index (κ1) is 11.2. The van der Waals surface area contributed by atoms with Gasteiger partial charge in [0.1, 0.15) is 0 Å².